The van der Waals surface area contributed by atoms with Gasteiger partial charge in [0.2, 0.25) is 0 Å². The first-order chi connectivity index (χ1) is 18.2. The summed E-state index contributed by atoms with van der Waals surface area (Å²) in [5, 5.41) is 12.2. The lowest BCUT2D eigenvalue weighted by atomic mass is 10.1. The van der Waals surface area contributed by atoms with Crippen LogP contribution in [0.5, 0.6) is 0 Å². The Bertz CT molecular complexity index is 1250. The lowest BCUT2D eigenvalue weighted by molar-refractivity contribution is -0.0812. The van der Waals surface area contributed by atoms with Crippen molar-refractivity contribution < 1.29 is 23.7 Å². The highest BCUT2D eigenvalue weighted by Crippen LogP contribution is 2.42. The van der Waals surface area contributed by atoms with Gasteiger partial charge in [-0.15, -0.1) is 0 Å². The smallest absolute Gasteiger partial charge is 0.330 e. The van der Waals surface area contributed by atoms with Crippen LogP contribution in [0.25, 0.3) is 0 Å². The third kappa shape index (κ3) is 5.46. The van der Waals surface area contributed by atoms with E-state index in [0.29, 0.717) is 6.61 Å². The summed E-state index contributed by atoms with van der Waals surface area (Å²) in [6, 6.07) is 21.5. The SMILES string of the molecule is COCCO[C@H]1[C@H](O[Si](c2ccccc2)(c2ccccc2)C(C)(C)C)C(CO)O[C@H]1n1ccc(=O)[nH]c1=O. The van der Waals surface area contributed by atoms with Crippen LogP contribution in [-0.2, 0) is 18.6 Å². The van der Waals surface area contributed by atoms with Gasteiger partial charge >= 0.3 is 5.69 Å². The zero-order valence-electron chi connectivity index (χ0n) is 22.2. The number of rotatable bonds is 10. The van der Waals surface area contributed by atoms with E-state index in [1.807, 2.05) is 36.4 Å². The van der Waals surface area contributed by atoms with Crippen molar-refractivity contribution in [2.24, 2.45) is 0 Å². The van der Waals surface area contributed by atoms with E-state index in [4.69, 9.17) is 18.6 Å². The maximum Gasteiger partial charge on any atom is 0.330 e. The first-order valence-corrected chi connectivity index (χ1v) is 14.6. The monoisotopic (exact) mass is 540 g/mol. The molecule has 204 valence electrons. The van der Waals surface area contributed by atoms with Crippen molar-refractivity contribution in [3.63, 3.8) is 0 Å². The van der Waals surface area contributed by atoms with E-state index < -0.39 is 44.1 Å². The zero-order chi connectivity index (χ0) is 27.3. The van der Waals surface area contributed by atoms with E-state index in [-0.39, 0.29) is 18.3 Å². The summed E-state index contributed by atoms with van der Waals surface area (Å²) in [7, 11) is -1.49. The molecule has 0 bridgehead atoms. The largest absolute Gasteiger partial charge is 0.399 e. The number of aliphatic hydroxyl groups is 1. The average Bonchev–Trinajstić information content (AvgIpc) is 3.24. The highest BCUT2D eigenvalue weighted by atomic mass is 28.4. The summed E-state index contributed by atoms with van der Waals surface area (Å²) in [6.45, 7) is 6.67. The normalized spacial score (nSPS) is 22.0. The van der Waals surface area contributed by atoms with Gasteiger partial charge in [0.25, 0.3) is 13.9 Å². The molecule has 0 radical (unpaired) electrons. The van der Waals surface area contributed by atoms with Gasteiger partial charge in [0.05, 0.1) is 19.8 Å². The molecule has 2 heterocycles. The van der Waals surface area contributed by atoms with Gasteiger partial charge in [-0.3, -0.25) is 14.3 Å². The number of aliphatic hydroxyl groups excluding tert-OH is 1. The van der Waals surface area contributed by atoms with Gasteiger partial charge in [0.1, 0.15) is 18.3 Å². The molecule has 1 aliphatic rings. The molecule has 0 amide bonds. The molecular weight excluding hydrogens is 504 g/mol. The Morgan fingerprint density at radius 2 is 1.55 bits per heavy atom. The maximum absolute atomic E-state index is 12.7. The molecular formula is C28H36N2O7Si. The van der Waals surface area contributed by atoms with Gasteiger partial charge in [-0.25, -0.2) is 4.79 Å². The Morgan fingerprint density at radius 3 is 2.05 bits per heavy atom. The topological polar surface area (TPSA) is 112 Å². The first-order valence-electron chi connectivity index (χ1n) is 12.7. The van der Waals surface area contributed by atoms with E-state index in [9.17, 15) is 14.7 Å². The summed E-state index contributed by atoms with van der Waals surface area (Å²) in [6.07, 6.45) is -1.85. The summed E-state index contributed by atoms with van der Waals surface area (Å²) in [5.41, 5.74) is -1.15. The number of aromatic amines is 1. The van der Waals surface area contributed by atoms with Crippen molar-refractivity contribution in [3.8, 4) is 0 Å². The Balaban J connectivity index is 1.87. The minimum Gasteiger partial charge on any atom is -0.399 e. The fourth-order valence-electron chi connectivity index (χ4n) is 5.19. The number of H-pyrrole nitrogens is 1. The van der Waals surface area contributed by atoms with Crippen molar-refractivity contribution >= 4 is 18.7 Å². The molecule has 10 heteroatoms. The number of methoxy groups -OCH3 is 1. The molecule has 1 aliphatic heterocycles. The Hall–Kier alpha value is -2.86. The minimum absolute atomic E-state index is 0.220. The number of benzene rings is 2. The van der Waals surface area contributed by atoms with Gasteiger partial charge in [-0.1, -0.05) is 81.4 Å². The molecule has 1 aromatic heterocycles. The second-order valence-corrected chi connectivity index (χ2v) is 14.6. The Kier molecular flexibility index (Phi) is 8.81. The molecule has 2 aromatic carbocycles. The summed E-state index contributed by atoms with van der Waals surface area (Å²) in [5.74, 6) is 0. The molecule has 0 saturated carbocycles. The predicted octanol–water partition coefficient (Wildman–Crippen LogP) is 1.40. The standard InChI is InChI=1S/C28H36N2O7Si/c1-28(2,3)38(20-11-7-5-8-12-20,21-13-9-6-10-14-21)37-24-22(19-31)36-26(25(24)35-18-17-34-4)30-16-15-23(32)29-27(30)33/h5-16,22,24-26,31H,17-19H2,1-4H3,(H,29,32,33)/t22?,24-,25+,26-/m1/s1. The van der Waals surface area contributed by atoms with E-state index in [1.54, 1.807) is 7.11 Å². The van der Waals surface area contributed by atoms with Crippen molar-refractivity contribution in [1.82, 2.24) is 9.55 Å². The van der Waals surface area contributed by atoms with Crippen LogP contribution in [0, 0.1) is 0 Å². The van der Waals surface area contributed by atoms with Gasteiger partial charge in [0, 0.05) is 19.4 Å². The van der Waals surface area contributed by atoms with Crippen LogP contribution in [0.15, 0.2) is 82.5 Å². The second kappa shape index (κ2) is 11.9. The van der Waals surface area contributed by atoms with Crippen LogP contribution >= 0.6 is 0 Å². The van der Waals surface area contributed by atoms with E-state index in [2.05, 4.69) is 50.0 Å². The summed E-state index contributed by atoms with van der Waals surface area (Å²) < 4.78 is 26.3. The van der Waals surface area contributed by atoms with Gasteiger partial charge < -0.3 is 23.7 Å². The molecule has 3 aromatic rings. The molecule has 2 N–H and O–H groups in total. The van der Waals surface area contributed by atoms with Crippen molar-refractivity contribution in [1.29, 1.82) is 0 Å². The second-order valence-electron chi connectivity index (χ2n) is 10.3. The van der Waals surface area contributed by atoms with Gasteiger partial charge in [-0.05, 0) is 15.4 Å². The van der Waals surface area contributed by atoms with Crippen molar-refractivity contribution in [3.05, 3.63) is 93.8 Å². The first kappa shape index (κ1) is 28.2. The molecule has 0 aliphatic carbocycles. The van der Waals surface area contributed by atoms with E-state index in [0.717, 1.165) is 10.4 Å². The lowest BCUT2D eigenvalue weighted by Gasteiger charge is -2.45. The summed E-state index contributed by atoms with van der Waals surface area (Å²) >= 11 is 0. The fourth-order valence-corrected chi connectivity index (χ4v) is 9.90. The highest BCUT2D eigenvalue weighted by Gasteiger charge is 2.57. The molecule has 9 nitrogen and oxygen atoms in total. The third-order valence-electron chi connectivity index (χ3n) is 6.92. The minimum atomic E-state index is -3.06. The van der Waals surface area contributed by atoms with Crippen LogP contribution in [-0.4, -0.2) is 68.2 Å². The van der Waals surface area contributed by atoms with Crippen molar-refractivity contribution in [2.75, 3.05) is 26.9 Å². The predicted molar refractivity (Wildman–Crippen MR) is 146 cm³/mol. The van der Waals surface area contributed by atoms with Crippen LogP contribution in [0.4, 0.5) is 0 Å². The molecule has 4 rings (SSSR count). The Labute approximate surface area is 223 Å². The number of hydrogen-bond acceptors (Lipinski definition) is 7. The average molecular weight is 541 g/mol. The molecule has 38 heavy (non-hydrogen) atoms. The molecule has 1 unspecified atom stereocenters. The van der Waals surface area contributed by atoms with Crippen LogP contribution in [0.3, 0.4) is 0 Å². The number of aromatic nitrogens is 2. The van der Waals surface area contributed by atoms with Crippen LogP contribution in [0.1, 0.15) is 27.0 Å². The summed E-state index contributed by atoms with van der Waals surface area (Å²) in [4.78, 5) is 26.7. The number of nitrogens with one attached hydrogen (secondary N) is 1. The zero-order valence-corrected chi connectivity index (χ0v) is 23.2. The maximum atomic E-state index is 12.7. The van der Waals surface area contributed by atoms with Crippen LogP contribution < -0.4 is 21.6 Å². The van der Waals surface area contributed by atoms with Gasteiger partial charge in [-0.2, -0.15) is 0 Å². The number of nitrogens with zero attached hydrogens (tertiary/aromatic N) is 1. The molecule has 0 spiro atoms. The molecule has 4 atom stereocenters. The van der Waals surface area contributed by atoms with E-state index in [1.165, 1.54) is 16.8 Å². The molecule has 1 fully saturated rings. The Morgan fingerprint density at radius 1 is 0.947 bits per heavy atom. The number of hydrogen-bond donors (Lipinski definition) is 2. The van der Waals surface area contributed by atoms with Gasteiger partial charge in [0.15, 0.2) is 6.23 Å². The highest BCUT2D eigenvalue weighted by molar-refractivity contribution is 6.99. The lowest BCUT2D eigenvalue weighted by Crippen LogP contribution is -2.69. The number of ether oxygens (including phenoxy) is 3. The quantitative estimate of drug-likeness (QED) is 0.295. The van der Waals surface area contributed by atoms with Crippen molar-refractivity contribution in [2.45, 2.75) is 50.3 Å². The molecule has 1 saturated heterocycles. The third-order valence-corrected chi connectivity index (χ3v) is 11.9. The van der Waals surface area contributed by atoms with E-state index >= 15 is 0 Å². The fraction of sp³-hybridized carbons (Fsp3) is 0.429. The van der Waals surface area contributed by atoms with Crippen LogP contribution in [0.2, 0.25) is 5.04 Å².